The second kappa shape index (κ2) is 9.89. The number of nitrogens with one attached hydrogen (secondary N) is 1. The van der Waals surface area contributed by atoms with Crippen LogP contribution in [0.4, 0.5) is 10.5 Å². The van der Waals surface area contributed by atoms with Crippen LogP contribution in [0.1, 0.15) is 56.1 Å². The highest BCUT2D eigenvalue weighted by atomic mass is 32.1. The van der Waals surface area contributed by atoms with Crippen LogP contribution in [0.3, 0.4) is 0 Å². The van der Waals surface area contributed by atoms with Gasteiger partial charge in [-0.25, -0.2) is 9.59 Å². The Morgan fingerprint density at radius 3 is 2.26 bits per heavy atom. The molecule has 1 fully saturated rings. The molecule has 2 N–H and O–H groups in total. The van der Waals surface area contributed by atoms with Crippen LogP contribution in [0.5, 0.6) is 0 Å². The van der Waals surface area contributed by atoms with Crippen molar-refractivity contribution in [1.29, 1.82) is 0 Å². The van der Waals surface area contributed by atoms with E-state index in [1.54, 1.807) is 38.1 Å². The molecular formula is C29H28N2O5S2. The van der Waals surface area contributed by atoms with Crippen molar-refractivity contribution in [2.75, 3.05) is 5.32 Å². The number of carboxylic acid groups (broad SMARTS) is 1. The molecule has 0 radical (unpaired) electrons. The number of likely N-dealkylation sites (tertiary alicyclic amines) is 1. The monoisotopic (exact) mass is 548 g/mol. The number of aryl methyl sites for hydroxylation is 3. The quantitative estimate of drug-likeness (QED) is 0.252. The summed E-state index contributed by atoms with van der Waals surface area (Å²) in [5, 5.41) is 17.4. The van der Waals surface area contributed by atoms with Crippen molar-refractivity contribution < 1.29 is 23.9 Å². The van der Waals surface area contributed by atoms with E-state index in [-0.39, 0.29) is 11.5 Å². The van der Waals surface area contributed by atoms with Crippen molar-refractivity contribution in [3.05, 3.63) is 97.8 Å². The van der Waals surface area contributed by atoms with E-state index in [1.165, 1.54) is 27.6 Å². The molecule has 0 bridgehead atoms. The zero-order valence-corrected chi connectivity index (χ0v) is 23.1. The maximum Gasteiger partial charge on any atom is 0.330 e. The minimum absolute atomic E-state index is 0.154. The lowest BCUT2D eigenvalue weighted by Gasteiger charge is -2.37. The van der Waals surface area contributed by atoms with Crippen molar-refractivity contribution in [3.63, 3.8) is 0 Å². The van der Waals surface area contributed by atoms with E-state index in [4.69, 9.17) is 4.42 Å². The molecule has 38 heavy (non-hydrogen) atoms. The Balaban J connectivity index is 1.73. The molecule has 0 spiro atoms. The minimum Gasteiger partial charge on any atom is -0.479 e. The molecule has 4 heterocycles. The Kier molecular flexibility index (Phi) is 6.75. The number of carbonyl (C=O) groups is 3. The number of nitrogens with zero attached hydrogens (tertiary/aromatic N) is 1. The molecule has 196 valence electrons. The topological polar surface area (TPSA) is 99.9 Å². The second-order valence-electron chi connectivity index (χ2n) is 9.82. The van der Waals surface area contributed by atoms with Crippen LogP contribution >= 0.6 is 22.7 Å². The van der Waals surface area contributed by atoms with E-state index >= 15 is 0 Å². The average molecular weight is 549 g/mol. The standard InChI is InChI=1S/C29H28N2O5S2/c1-16-7-10-19(11-8-16)30-28(35)31-24(21-6-5-14-37-21)22(25(32)20-12-9-18(3)36-20)23(29(31,4)27(33)34)26-17(2)13-15-38-26/h5-15,22-24H,1-4H3,(H,30,35)(H,33,34). The van der Waals surface area contributed by atoms with Gasteiger partial charge in [0.05, 0.1) is 12.0 Å². The molecule has 3 aromatic heterocycles. The highest BCUT2D eigenvalue weighted by Gasteiger charge is 2.66. The maximum atomic E-state index is 14.2. The van der Waals surface area contributed by atoms with Crippen LogP contribution in [-0.2, 0) is 4.79 Å². The van der Waals surface area contributed by atoms with E-state index in [0.717, 1.165) is 20.9 Å². The summed E-state index contributed by atoms with van der Waals surface area (Å²) in [5.41, 5.74) is 0.718. The fourth-order valence-electron chi connectivity index (χ4n) is 5.44. The lowest BCUT2D eigenvalue weighted by atomic mass is 9.75. The summed E-state index contributed by atoms with van der Waals surface area (Å²) in [4.78, 5) is 44.4. The van der Waals surface area contributed by atoms with Gasteiger partial charge >= 0.3 is 12.0 Å². The fourth-order valence-corrected chi connectivity index (χ4v) is 7.49. The molecule has 1 saturated heterocycles. The smallest absolute Gasteiger partial charge is 0.330 e. The highest BCUT2D eigenvalue weighted by molar-refractivity contribution is 7.10. The molecule has 1 aliphatic heterocycles. The molecule has 0 saturated carbocycles. The lowest BCUT2D eigenvalue weighted by molar-refractivity contribution is -0.148. The lowest BCUT2D eigenvalue weighted by Crippen LogP contribution is -2.55. The van der Waals surface area contributed by atoms with Crippen LogP contribution in [0.25, 0.3) is 0 Å². The molecule has 7 nitrogen and oxygen atoms in total. The van der Waals surface area contributed by atoms with Gasteiger partial charge in [0.2, 0.25) is 5.78 Å². The Morgan fingerprint density at radius 1 is 0.974 bits per heavy atom. The molecule has 1 aliphatic rings. The van der Waals surface area contributed by atoms with E-state index < -0.39 is 35.4 Å². The minimum atomic E-state index is -1.74. The number of furan rings is 1. The number of urea groups is 1. The van der Waals surface area contributed by atoms with Gasteiger partial charge in [-0.2, -0.15) is 0 Å². The number of Topliss-reactive ketones (excluding diaryl/α,β-unsaturated/α-hetero) is 1. The Morgan fingerprint density at radius 2 is 1.71 bits per heavy atom. The van der Waals surface area contributed by atoms with Crippen LogP contribution < -0.4 is 5.32 Å². The number of hydrogen-bond donors (Lipinski definition) is 2. The normalized spacial score (nSPS) is 22.9. The fraction of sp³-hybridized carbons (Fsp3) is 0.276. The predicted molar refractivity (Wildman–Crippen MR) is 148 cm³/mol. The zero-order valence-electron chi connectivity index (χ0n) is 21.4. The number of carbonyl (C=O) groups excluding carboxylic acids is 2. The molecule has 4 atom stereocenters. The molecule has 9 heteroatoms. The van der Waals surface area contributed by atoms with E-state index in [1.807, 2.05) is 54.9 Å². The van der Waals surface area contributed by atoms with Crippen LogP contribution in [-0.4, -0.2) is 33.3 Å². The molecular weight excluding hydrogens is 520 g/mol. The Labute approximate surface area is 228 Å². The third-order valence-electron chi connectivity index (χ3n) is 7.34. The summed E-state index contributed by atoms with van der Waals surface area (Å²) >= 11 is 2.80. The summed E-state index contributed by atoms with van der Waals surface area (Å²) in [5.74, 6) is -2.47. The molecule has 4 aromatic rings. The average Bonchev–Trinajstić information content (AvgIpc) is 3.67. The number of carboxylic acids is 1. The van der Waals surface area contributed by atoms with E-state index in [2.05, 4.69) is 5.32 Å². The first-order chi connectivity index (χ1) is 18.1. The van der Waals surface area contributed by atoms with Crippen molar-refractivity contribution >= 4 is 46.1 Å². The van der Waals surface area contributed by atoms with Gasteiger partial charge in [-0.15, -0.1) is 22.7 Å². The first-order valence-corrected chi connectivity index (χ1v) is 14.0. The van der Waals surface area contributed by atoms with Gasteiger partial charge in [0.1, 0.15) is 11.3 Å². The Bertz CT molecular complexity index is 1490. The number of ketones is 1. The van der Waals surface area contributed by atoms with Crippen molar-refractivity contribution in [2.45, 2.75) is 45.2 Å². The number of anilines is 1. The van der Waals surface area contributed by atoms with Crippen molar-refractivity contribution in [3.8, 4) is 0 Å². The first kappa shape index (κ1) is 25.9. The van der Waals surface area contributed by atoms with Gasteiger partial charge in [-0.05, 0) is 80.4 Å². The molecule has 5 rings (SSSR count). The van der Waals surface area contributed by atoms with Crippen LogP contribution in [0, 0.1) is 26.7 Å². The summed E-state index contributed by atoms with van der Waals surface area (Å²) in [6.45, 7) is 7.16. The number of benzene rings is 1. The van der Waals surface area contributed by atoms with Gasteiger partial charge in [-0.3, -0.25) is 9.69 Å². The van der Waals surface area contributed by atoms with Crippen molar-refractivity contribution in [1.82, 2.24) is 4.90 Å². The predicted octanol–water partition coefficient (Wildman–Crippen LogP) is 7.04. The van der Waals surface area contributed by atoms with Gasteiger partial charge in [0.25, 0.3) is 0 Å². The summed E-state index contributed by atoms with van der Waals surface area (Å²) < 4.78 is 5.74. The summed E-state index contributed by atoms with van der Waals surface area (Å²) in [7, 11) is 0. The SMILES string of the molecule is Cc1ccc(NC(=O)N2C(c3cccs3)C(C(=O)c3ccc(C)o3)C(c3sccc3C)C2(C)C(=O)O)cc1. The summed E-state index contributed by atoms with van der Waals surface area (Å²) in [6.07, 6.45) is 0. The third-order valence-corrected chi connectivity index (χ3v) is 9.39. The zero-order chi connectivity index (χ0) is 27.2. The van der Waals surface area contributed by atoms with Gasteiger partial charge in [-0.1, -0.05) is 23.8 Å². The number of hydrogen-bond acceptors (Lipinski definition) is 6. The van der Waals surface area contributed by atoms with Crippen LogP contribution in [0.2, 0.25) is 0 Å². The van der Waals surface area contributed by atoms with E-state index in [0.29, 0.717) is 11.4 Å². The van der Waals surface area contributed by atoms with Crippen LogP contribution in [0.15, 0.2) is 69.8 Å². The molecule has 0 aliphatic carbocycles. The van der Waals surface area contributed by atoms with E-state index in [9.17, 15) is 19.5 Å². The highest BCUT2D eigenvalue weighted by Crippen LogP contribution is 2.58. The third kappa shape index (κ3) is 4.25. The number of amides is 2. The largest absolute Gasteiger partial charge is 0.479 e. The number of thiophene rings is 2. The molecule has 2 amide bonds. The first-order valence-electron chi connectivity index (χ1n) is 12.2. The number of aliphatic carboxylic acids is 1. The van der Waals surface area contributed by atoms with Gasteiger partial charge in [0, 0.05) is 21.4 Å². The van der Waals surface area contributed by atoms with Crippen molar-refractivity contribution in [2.24, 2.45) is 5.92 Å². The molecule has 4 unspecified atom stereocenters. The Hall–Kier alpha value is -3.69. The maximum absolute atomic E-state index is 14.2. The van der Waals surface area contributed by atoms with Gasteiger partial charge < -0.3 is 14.8 Å². The molecule has 1 aromatic carbocycles. The van der Waals surface area contributed by atoms with Gasteiger partial charge in [0.15, 0.2) is 5.76 Å². The number of rotatable bonds is 6. The second-order valence-corrected chi connectivity index (χ2v) is 11.8. The summed E-state index contributed by atoms with van der Waals surface area (Å²) in [6, 6.07) is 14.8.